The molecular formula is C9H4F4N2. The van der Waals surface area contributed by atoms with Crippen LogP contribution in [0.2, 0.25) is 0 Å². The number of hydrogen-bond donors (Lipinski definition) is 0. The highest BCUT2D eigenvalue weighted by atomic mass is 19.2. The van der Waals surface area contributed by atoms with Gasteiger partial charge in [-0.3, -0.25) is 0 Å². The third-order valence-corrected chi connectivity index (χ3v) is 1.87. The van der Waals surface area contributed by atoms with Crippen LogP contribution in [0.25, 0.3) is 5.69 Å². The van der Waals surface area contributed by atoms with Gasteiger partial charge in [-0.2, -0.15) is 0 Å². The van der Waals surface area contributed by atoms with Crippen molar-refractivity contribution in [2.45, 2.75) is 0 Å². The molecule has 0 aliphatic carbocycles. The fourth-order valence-corrected chi connectivity index (χ4v) is 1.15. The fourth-order valence-electron chi connectivity index (χ4n) is 1.15. The van der Waals surface area contributed by atoms with Crippen molar-refractivity contribution < 1.29 is 17.6 Å². The first-order valence-electron chi connectivity index (χ1n) is 3.92. The number of imidazole rings is 1. The minimum Gasteiger partial charge on any atom is -0.303 e. The molecular weight excluding hydrogens is 212 g/mol. The molecule has 15 heavy (non-hydrogen) atoms. The van der Waals surface area contributed by atoms with Crippen molar-refractivity contribution in [1.29, 1.82) is 0 Å². The SMILES string of the molecule is Fc1cc(-n2ccnc2)c(F)c(F)c1F. The summed E-state index contributed by atoms with van der Waals surface area (Å²) in [4.78, 5) is 3.58. The van der Waals surface area contributed by atoms with Gasteiger partial charge >= 0.3 is 0 Å². The molecule has 0 N–H and O–H groups in total. The van der Waals surface area contributed by atoms with Crippen molar-refractivity contribution in [1.82, 2.24) is 9.55 Å². The Morgan fingerprint density at radius 3 is 2.33 bits per heavy atom. The summed E-state index contributed by atoms with van der Waals surface area (Å²) >= 11 is 0. The summed E-state index contributed by atoms with van der Waals surface area (Å²) in [5.41, 5.74) is -0.427. The smallest absolute Gasteiger partial charge is 0.199 e. The van der Waals surface area contributed by atoms with Crippen molar-refractivity contribution in [3.8, 4) is 5.69 Å². The summed E-state index contributed by atoms with van der Waals surface area (Å²) in [5.74, 6) is -6.56. The van der Waals surface area contributed by atoms with Crippen LogP contribution in [0.1, 0.15) is 0 Å². The van der Waals surface area contributed by atoms with Gasteiger partial charge in [-0.05, 0) is 0 Å². The lowest BCUT2D eigenvalue weighted by atomic mass is 10.2. The number of hydrogen-bond acceptors (Lipinski definition) is 1. The number of aromatic nitrogens is 2. The maximum absolute atomic E-state index is 13.2. The Balaban J connectivity index is 2.69. The van der Waals surface area contributed by atoms with Crippen molar-refractivity contribution in [2.75, 3.05) is 0 Å². The van der Waals surface area contributed by atoms with Gasteiger partial charge in [-0.15, -0.1) is 0 Å². The lowest BCUT2D eigenvalue weighted by Gasteiger charge is -2.05. The van der Waals surface area contributed by atoms with Crippen molar-refractivity contribution in [3.05, 3.63) is 48.1 Å². The minimum absolute atomic E-state index is 0.427. The summed E-state index contributed by atoms with van der Waals surface area (Å²) in [7, 11) is 0. The monoisotopic (exact) mass is 216 g/mol. The second-order valence-electron chi connectivity index (χ2n) is 2.79. The molecule has 0 aliphatic heterocycles. The third kappa shape index (κ3) is 1.47. The van der Waals surface area contributed by atoms with Gasteiger partial charge in [0.15, 0.2) is 23.3 Å². The minimum atomic E-state index is -1.83. The van der Waals surface area contributed by atoms with Crippen LogP contribution in [-0.2, 0) is 0 Å². The van der Waals surface area contributed by atoms with Gasteiger partial charge in [0, 0.05) is 18.5 Å². The molecule has 0 amide bonds. The Morgan fingerprint density at radius 1 is 1.00 bits per heavy atom. The highest BCUT2D eigenvalue weighted by Gasteiger charge is 2.19. The van der Waals surface area contributed by atoms with Crippen LogP contribution in [0.15, 0.2) is 24.8 Å². The van der Waals surface area contributed by atoms with Gasteiger partial charge in [-0.1, -0.05) is 0 Å². The molecule has 0 saturated carbocycles. The van der Waals surface area contributed by atoms with E-state index in [1.54, 1.807) is 0 Å². The first-order valence-corrected chi connectivity index (χ1v) is 3.92. The van der Waals surface area contributed by atoms with Crippen LogP contribution < -0.4 is 0 Å². The van der Waals surface area contributed by atoms with E-state index in [0.717, 1.165) is 10.9 Å². The number of halogens is 4. The van der Waals surface area contributed by atoms with E-state index in [0.29, 0.717) is 6.07 Å². The molecule has 0 aliphatic rings. The van der Waals surface area contributed by atoms with Crippen LogP contribution in [0.4, 0.5) is 17.6 Å². The maximum Gasteiger partial charge on any atom is 0.199 e. The summed E-state index contributed by atoms with van der Waals surface area (Å²) < 4.78 is 52.4. The predicted octanol–water partition coefficient (Wildman–Crippen LogP) is 2.43. The highest BCUT2D eigenvalue weighted by molar-refractivity contribution is 5.35. The van der Waals surface area contributed by atoms with Crippen LogP contribution in [0.5, 0.6) is 0 Å². The predicted molar refractivity (Wildman–Crippen MR) is 43.4 cm³/mol. The zero-order valence-corrected chi connectivity index (χ0v) is 7.22. The highest BCUT2D eigenvalue weighted by Crippen LogP contribution is 2.21. The van der Waals surface area contributed by atoms with E-state index in [1.807, 2.05) is 0 Å². The molecule has 0 unspecified atom stereocenters. The quantitative estimate of drug-likeness (QED) is 0.406. The molecule has 0 bridgehead atoms. The van der Waals surface area contributed by atoms with Crippen LogP contribution in [0.3, 0.4) is 0 Å². The first-order chi connectivity index (χ1) is 7.11. The zero-order chi connectivity index (χ0) is 11.0. The van der Waals surface area contributed by atoms with E-state index in [-0.39, 0.29) is 0 Å². The third-order valence-electron chi connectivity index (χ3n) is 1.87. The lowest BCUT2D eigenvalue weighted by Crippen LogP contribution is -2.03. The van der Waals surface area contributed by atoms with Crippen molar-refractivity contribution in [2.24, 2.45) is 0 Å². The van der Waals surface area contributed by atoms with Crippen LogP contribution in [0, 0.1) is 23.3 Å². The molecule has 1 aromatic carbocycles. The van der Waals surface area contributed by atoms with E-state index < -0.39 is 29.0 Å². The van der Waals surface area contributed by atoms with E-state index in [4.69, 9.17) is 0 Å². The van der Waals surface area contributed by atoms with Crippen molar-refractivity contribution in [3.63, 3.8) is 0 Å². The fraction of sp³-hybridized carbons (Fsp3) is 0. The van der Waals surface area contributed by atoms with E-state index in [9.17, 15) is 17.6 Å². The molecule has 1 aromatic heterocycles. The first kappa shape index (κ1) is 9.70. The Kier molecular flexibility index (Phi) is 2.18. The molecule has 1 heterocycles. The maximum atomic E-state index is 13.2. The second-order valence-corrected chi connectivity index (χ2v) is 2.79. The molecule has 0 spiro atoms. The lowest BCUT2D eigenvalue weighted by molar-refractivity contribution is 0.407. The van der Waals surface area contributed by atoms with E-state index >= 15 is 0 Å². The molecule has 0 radical (unpaired) electrons. The number of rotatable bonds is 1. The average molecular weight is 216 g/mol. The normalized spacial score (nSPS) is 10.7. The summed E-state index contributed by atoms with van der Waals surface area (Å²) in [6.45, 7) is 0. The Bertz CT molecular complexity index is 493. The number of benzene rings is 1. The second kappa shape index (κ2) is 3.38. The van der Waals surface area contributed by atoms with Gasteiger partial charge in [0.2, 0.25) is 0 Å². The largest absolute Gasteiger partial charge is 0.303 e. The average Bonchev–Trinajstić information content (AvgIpc) is 2.73. The van der Waals surface area contributed by atoms with Crippen LogP contribution >= 0.6 is 0 Å². The topological polar surface area (TPSA) is 17.8 Å². The van der Waals surface area contributed by atoms with Gasteiger partial charge in [0.05, 0.1) is 12.0 Å². The molecule has 0 saturated heterocycles. The Hall–Kier alpha value is -1.85. The summed E-state index contributed by atoms with van der Waals surface area (Å²) in [6, 6.07) is 0.565. The molecule has 78 valence electrons. The van der Waals surface area contributed by atoms with Gasteiger partial charge in [-0.25, -0.2) is 22.5 Å². The number of nitrogens with zero attached hydrogens (tertiary/aromatic N) is 2. The van der Waals surface area contributed by atoms with Crippen LogP contribution in [-0.4, -0.2) is 9.55 Å². The molecule has 2 rings (SSSR count). The zero-order valence-electron chi connectivity index (χ0n) is 7.22. The van der Waals surface area contributed by atoms with Gasteiger partial charge < -0.3 is 4.57 Å². The van der Waals surface area contributed by atoms with Gasteiger partial charge in [0.25, 0.3) is 0 Å². The summed E-state index contributed by atoms with van der Waals surface area (Å²) in [5, 5.41) is 0. The Morgan fingerprint density at radius 2 is 1.73 bits per heavy atom. The molecule has 6 heteroatoms. The standard InChI is InChI=1S/C9H4F4N2/c10-5-3-6(15-2-1-14-4-15)8(12)9(13)7(5)11/h1-4H. The molecule has 2 nitrogen and oxygen atoms in total. The Labute approximate surface area is 81.8 Å². The molecule has 0 atom stereocenters. The molecule has 2 aromatic rings. The summed E-state index contributed by atoms with van der Waals surface area (Å²) in [6.07, 6.45) is 3.74. The van der Waals surface area contributed by atoms with E-state index in [1.165, 1.54) is 12.4 Å². The van der Waals surface area contributed by atoms with E-state index in [2.05, 4.69) is 4.98 Å². The molecule has 0 fully saturated rings. The van der Waals surface area contributed by atoms with Gasteiger partial charge in [0.1, 0.15) is 0 Å². The van der Waals surface area contributed by atoms with Crippen molar-refractivity contribution >= 4 is 0 Å².